The quantitative estimate of drug-likeness (QED) is 0.469. The van der Waals surface area contributed by atoms with Gasteiger partial charge in [-0.15, -0.1) is 0 Å². The second-order valence-electron chi connectivity index (χ2n) is 7.06. The number of hydrogen-bond donors (Lipinski definition) is 0. The molecule has 2 heterocycles. The van der Waals surface area contributed by atoms with E-state index < -0.39 is 11.2 Å². The molecule has 10 heteroatoms. The Bertz CT molecular complexity index is 904. The van der Waals surface area contributed by atoms with Crippen LogP contribution in [-0.4, -0.2) is 44.2 Å². The van der Waals surface area contributed by atoms with E-state index in [9.17, 15) is 9.00 Å². The van der Waals surface area contributed by atoms with Crippen LogP contribution in [0.3, 0.4) is 0 Å². The number of carbonyl (C=O) groups excluding carboxylic acids is 1. The first-order valence-electron chi connectivity index (χ1n) is 10.1. The van der Waals surface area contributed by atoms with Crippen LogP contribution in [0.15, 0.2) is 24.3 Å². The standard InChI is InChI=1S/C20H26Cl2N4O3S/c1-3-12-25-17-18(23-20(25)22)24(2)30(28)26(19(17)27)13-6-4-5-7-14-29-16-10-8-15(21)9-11-16/h8-11H,3-7,12-14H2,1-2H3. The number of fused-ring (bicyclic) bond motifs is 1. The minimum atomic E-state index is -1.60. The van der Waals surface area contributed by atoms with Gasteiger partial charge in [0.15, 0.2) is 11.5 Å². The molecule has 0 saturated carbocycles. The van der Waals surface area contributed by atoms with Crippen molar-refractivity contribution >= 4 is 46.1 Å². The second kappa shape index (κ2) is 10.5. The van der Waals surface area contributed by atoms with Crippen molar-refractivity contribution in [2.45, 2.75) is 45.6 Å². The molecule has 7 nitrogen and oxygen atoms in total. The van der Waals surface area contributed by atoms with Crippen molar-refractivity contribution in [3.8, 4) is 5.75 Å². The molecule has 2 aromatic rings. The number of halogens is 2. The SMILES string of the molecule is CCCn1c(Cl)nc2c1C(=O)N(CCCCCCOc1ccc(Cl)cc1)S(=O)N2C. The van der Waals surface area contributed by atoms with Gasteiger partial charge in [-0.25, -0.2) is 8.51 Å². The number of rotatable bonds is 10. The molecule has 0 aliphatic carbocycles. The number of nitrogens with zero attached hydrogens (tertiary/aromatic N) is 4. The normalized spacial score (nSPS) is 16.1. The van der Waals surface area contributed by atoms with Crippen LogP contribution in [0, 0.1) is 0 Å². The number of carbonyl (C=O) groups is 1. The molecule has 1 amide bonds. The molecular formula is C20H26Cl2N4O3S. The van der Waals surface area contributed by atoms with Gasteiger partial charge in [0.2, 0.25) is 16.5 Å². The van der Waals surface area contributed by atoms with Gasteiger partial charge in [-0.2, -0.15) is 4.98 Å². The lowest BCUT2D eigenvalue weighted by atomic mass is 10.2. The smallest absolute Gasteiger partial charge is 0.287 e. The molecule has 1 unspecified atom stereocenters. The number of ether oxygens (including phenoxy) is 1. The van der Waals surface area contributed by atoms with Gasteiger partial charge in [0.25, 0.3) is 5.91 Å². The third-order valence-electron chi connectivity index (χ3n) is 4.84. The first-order chi connectivity index (χ1) is 14.4. The van der Waals surface area contributed by atoms with Crippen LogP contribution in [0.2, 0.25) is 10.3 Å². The fourth-order valence-corrected chi connectivity index (χ4v) is 4.75. The van der Waals surface area contributed by atoms with Crippen molar-refractivity contribution in [3.63, 3.8) is 0 Å². The van der Waals surface area contributed by atoms with Gasteiger partial charge in [0, 0.05) is 25.2 Å². The van der Waals surface area contributed by atoms with Crippen LogP contribution in [0.1, 0.15) is 49.5 Å². The van der Waals surface area contributed by atoms with E-state index in [1.165, 1.54) is 8.61 Å². The lowest BCUT2D eigenvalue weighted by Gasteiger charge is -2.31. The Morgan fingerprint density at radius 3 is 2.47 bits per heavy atom. The Kier molecular flexibility index (Phi) is 8.02. The molecule has 0 spiro atoms. The van der Waals surface area contributed by atoms with E-state index in [0.717, 1.165) is 37.9 Å². The number of unbranched alkanes of at least 4 members (excludes halogenated alkanes) is 3. The van der Waals surface area contributed by atoms with Crippen molar-refractivity contribution in [3.05, 3.63) is 40.3 Å². The van der Waals surface area contributed by atoms with Crippen molar-refractivity contribution in [2.24, 2.45) is 0 Å². The van der Waals surface area contributed by atoms with Gasteiger partial charge in [-0.3, -0.25) is 9.10 Å². The Morgan fingerprint density at radius 2 is 1.77 bits per heavy atom. The number of benzene rings is 1. The number of amides is 1. The zero-order valence-corrected chi connectivity index (χ0v) is 19.5. The summed E-state index contributed by atoms with van der Waals surface area (Å²) in [5.41, 5.74) is 0.417. The Morgan fingerprint density at radius 1 is 1.07 bits per heavy atom. The summed E-state index contributed by atoms with van der Waals surface area (Å²) in [6.07, 6.45) is 4.36. The van der Waals surface area contributed by atoms with Crippen LogP contribution >= 0.6 is 23.2 Å². The third kappa shape index (κ3) is 5.10. The Balaban J connectivity index is 1.48. The van der Waals surface area contributed by atoms with Gasteiger partial charge < -0.3 is 9.30 Å². The van der Waals surface area contributed by atoms with E-state index in [1.807, 2.05) is 19.1 Å². The minimum absolute atomic E-state index is 0.251. The van der Waals surface area contributed by atoms with Crippen molar-refractivity contribution in [2.75, 3.05) is 24.5 Å². The average molecular weight is 473 g/mol. The predicted octanol–water partition coefficient (Wildman–Crippen LogP) is 4.71. The molecule has 1 aliphatic heterocycles. The fourth-order valence-electron chi connectivity index (χ4n) is 3.29. The van der Waals surface area contributed by atoms with E-state index in [2.05, 4.69) is 4.98 Å². The summed E-state index contributed by atoms with van der Waals surface area (Å²) in [6.45, 7) is 3.64. The minimum Gasteiger partial charge on any atom is -0.494 e. The lowest BCUT2D eigenvalue weighted by molar-refractivity contribution is 0.0851. The summed E-state index contributed by atoms with van der Waals surface area (Å²) >= 11 is 10.5. The molecule has 1 aromatic carbocycles. The molecule has 0 N–H and O–H groups in total. The Labute approximate surface area is 189 Å². The summed E-state index contributed by atoms with van der Waals surface area (Å²) in [7, 11) is 1.67. The van der Waals surface area contributed by atoms with Crippen molar-refractivity contribution in [1.29, 1.82) is 0 Å². The summed E-state index contributed by atoms with van der Waals surface area (Å²) < 4.78 is 23.0. The van der Waals surface area contributed by atoms with Crippen LogP contribution < -0.4 is 9.04 Å². The van der Waals surface area contributed by atoms with E-state index in [0.29, 0.717) is 36.2 Å². The lowest BCUT2D eigenvalue weighted by Crippen LogP contribution is -2.46. The highest BCUT2D eigenvalue weighted by Gasteiger charge is 2.38. The number of anilines is 1. The predicted molar refractivity (Wildman–Crippen MR) is 121 cm³/mol. The largest absolute Gasteiger partial charge is 0.494 e. The fraction of sp³-hybridized carbons (Fsp3) is 0.500. The van der Waals surface area contributed by atoms with Gasteiger partial charge >= 0.3 is 0 Å². The molecule has 1 atom stereocenters. The first-order valence-corrected chi connectivity index (χ1v) is 11.9. The van der Waals surface area contributed by atoms with Crippen LogP contribution in [0.4, 0.5) is 5.82 Å². The maximum atomic E-state index is 13.0. The molecule has 1 aliphatic rings. The van der Waals surface area contributed by atoms with E-state index >= 15 is 0 Å². The zero-order chi connectivity index (χ0) is 21.7. The molecule has 0 saturated heterocycles. The summed E-state index contributed by atoms with van der Waals surface area (Å²) in [5, 5.41) is 0.936. The molecule has 164 valence electrons. The summed E-state index contributed by atoms with van der Waals surface area (Å²) in [6, 6.07) is 7.29. The van der Waals surface area contributed by atoms with Crippen LogP contribution in [-0.2, 0) is 17.7 Å². The molecular weight excluding hydrogens is 447 g/mol. The van der Waals surface area contributed by atoms with Crippen molar-refractivity contribution in [1.82, 2.24) is 13.9 Å². The first kappa shape index (κ1) is 22.9. The highest BCUT2D eigenvalue weighted by molar-refractivity contribution is 7.84. The van der Waals surface area contributed by atoms with Crippen molar-refractivity contribution < 1.29 is 13.7 Å². The molecule has 0 bridgehead atoms. The topological polar surface area (TPSA) is 67.7 Å². The second-order valence-corrected chi connectivity index (χ2v) is 9.28. The van der Waals surface area contributed by atoms with Gasteiger partial charge in [0.1, 0.15) is 5.75 Å². The highest BCUT2D eigenvalue weighted by atomic mass is 35.5. The summed E-state index contributed by atoms with van der Waals surface area (Å²) in [4.78, 5) is 17.2. The van der Waals surface area contributed by atoms with E-state index in [4.69, 9.17) is 27.9 Å². The van der Waals surface area contributed by atoms with Gasteiger partial charge in [-0.05, 0) is 55.1 Å². The molecule has 0 radical (unpaired) electrons. The number of hydrogen-bond acceptors (Lipinski definition) is 4. The molecule has 0 fully saturated rings. The highest BCUT2D eigenvalue weighted by Crippen LogP contribution is 2.31. The maximum absolute atomic E-state index is 13.0. The van der Waals surface area contributed by atoms with Gasteiger partial charge in [0.05, 0.1) is 6.61 Å². The number of aromatic nitrogens is 2. The average Bonchev–Trinajstić information content (AvgIpc) is 3.06. The van der Waals surface area contributed by atoms with Crippen LogP contribution in [0.25, 0.3) is 0 Å². The molecule has 30 heavy (non-hydrogen) atoms. The maximum Gasteiger partial charge on any atom is 0.287 e. The van der Waals surface area contributed by atoms with E-state index in [-0.39, 0.29) is 11.2 Å². The number of imidazole rings is 1. The van der Waals surface area contributed by atoms with Gasteiger partial charge in [-0.1, -0.05) is 31.4 Å². The molecule has 3 rings (SSSR count). The van der Waals surface area contributed by atoms with E-state index in [1.54, 1.807) is 23.7 Å². The monoisotopic (exact) mass is 472 g/mol. The zero-order valence-electron chi connectivity index (χ0n) is 17.1. The molecule has 1 aromatic heterocycles. The summed E-state index contributed by atoms with van der Waals surface area (Å²) in [5.74, 6) is 0.905. The Hall–Kier alpha value is -1.77. The third-order valence-corrected chi connectivity index (χ3v) is 6.75. The van der Waals surface area contributed by atoms with Crippen LogP contribution in [0.5, 0.6) is 5.75 Å².